The van der Waals surface area contributed by atoms with Gasteiger partial charge in [-0.25, -0.2) is 4.98 Å². The zero-order valence-electron chi connectivity index (χ0n) is 11.8. The van der Waals surface area contributed by atoms with Gasteiger partial charge in [0.05, 0.1) is 12.3 Å². The highest BCUT2D eigenvalue weighted by Crippen LogP contribution is 2.32. The lowest BCUT2D eigenvalue weighted by Gasteiger charge is -2.23. The number of aromatic nitrogens is 1. The van der Waals surface area contributed by atoms with Crippen LogP contribution in [-0.2, 0) is 16.0 Å². The molecule has 1 atom stereocenters. The molecule has 1 unspecified atom stereocenters. The summed E-state index contributed by atoms with van der Waals surface area (Å²) in [5.74, 6) is -1.45. The number of carboxylic acids is 1. The molecule has 0 radical (unpaired) electrons. The predicted octanol–water partition coefficient (Wildman–Crippen LogP) is 3.64. The van der Waals surface area contributed by atoms with Crippen LogP contribution in [0.15, 0.2) is 30.5 Å². The van der Waals surface area contributed by atoms with E-state index in [9.17, 15) is 9.59 Å². The molecule has 5 nitrogen and oxygen atoms in total. The first kappa shape index (κ1) is 15.8. The Hall–Kier alpha value is -2.11. The number of carbonyl (C=O) groups is 2. The number of fused-ring (bicyclic) bond motifs is 1. The molecule has 2 N–H and O–H groups in total. The Morgan fingerprint density at radius 2 is 1.91 bits per heavy atom. The molecule has 2 heterocycles. The maximum atomic E-state index is 11.9. The quantitative estimate of drug-likeness (QED) is 0.885. The highest BCUT2D eigenvalue weighted by molar-refractivity contribution is 6.35. The van der Waals surface area contributed by atoms with Crippen molar-refractivity contribution in [2.45, 2.75) is 12.8 Å². The van der Waals surface area contributed by atoms with Gasteiger partial charge in [-0.2, -0.15) is 0 Å². The second kappa shape index (κ2) is 6.18. The van der Waals surface area contributed by atoms with Crippen LogP contribution in [0.2, 0.25) is 10.0 Å². The Bertz CT molecular complexity index is 788. The third-order valence-corrected chi connectivity index (χ3v) is 4.10. The fraction of sp³-hybridized carbons (Fsp3) is 0.188. The maximum Gasteiger partial charge on any atom is 0.304 e. The molecular formula is C16H12Cl2N2O3. The number of rotatable bonds is 3. The molecule has 23 heavy (non-hydrogen) atoms. The van der Waals surface area contributed by atoms with Crippen LogP contribution in [-0.4, -0.2) is 22.0 Å². The van der Waals surface area contributed by atoms with E-state index in [4.69, 9.17) is 28.3 Å². The van der Waals surface area contributed by atoms with E-state index < -0.39 is 11.9 Å². The summed E-state index contributed by atoms with van der Waals surface area (Å²) in [5.41, 5.74) is 2.41. The minimum absolute atomic E-state index is 0.210. The van der Waals surface area contributed by atoms with Crippen molar-refractivity contribution in [1.82, 2.24) is 4.98 Å². The summed E-state index contributed by atoms with van der Waals surface area (Å²) in [6.07, 6.45) is 1.75. The molecule has 7 heteroatoms. The van der Waals surface area contributed by atoms with E-state index >= 15 is 0 Å². The summed E-state index contributed by atoms with van der Waals surface area (Å²) in [6, 6.07) is 7.06. The van der Waals surface area contributed by atoms with Gasteiger partial charge in [-0.05, 0) is 41.8 Å². The highest BCUT2D eigenvalue weighted by Gasteiger charge is 2.29. The second-order valence-electron chi connectivity index (χ2n) is 5.38. The first-order chi connectivity index (χ1) is 10.9. The summed E-state index contributed by atoms with van der Waals surface area (Å²) in [5, 5.41) is 12.6. The van der Waals surface area contributed by atoms with E-state index in [-0.39, 0.29) is 12.3 Å². The summed E-state index contributed by atoms with van der Waals surface area (Å²) in [7, 11) is 0. The molecule has 118 valence electrons. The number of halogens is 2. The minimum atomic E-state index is -1.00. The van der Waals surface area contributed by atoms with Crippen LogP contribution in [0.3, 0.4) is 0 Å². The van der Waals surface area contributed by atoms with E-state index in [0.29, 0.717) is 22.3 Å². The van der Waals surface area contributed by atoms with Crippen LogP contribution in [0.4, 0.5) is 5.82 Å². The predicted molar refractivity (Wildman–Crippen MR) is 87.8 cm³/mol. The minimum Gasteiger partial charge on any atom is -0.481 e. The lowest BCUT2D eigenvalue weighted by molar-refractivity contribution is -0.140. The monoisotopic (exact) mass is 350 g/mol. The Labute approximate surface area is 142 Å². The van der Waals surface area contributed by atoms with E-state index in [1.807, 2.05) is 6.07 Å². The fourth-order valence-corrected chi connectivity index (χ4v) is 3.14. The lowest BCUT2D eigenvalue weighted by Crippen LogP contribution is -2.32. The number of benzene rings is 1. The third kappa shape index (κ3) is 3.46. The van der Waals surface area contributed by atoms with Crippen molar-refractivity contribution in [3.05, 3.63) is 46.1 Å². The van der Waals surface area contributed by atoms with Crippen LogP contribution >= 0.6 is 23.2 Å². The summed E-state index contributed by atoms with van der Waals surface area (Å²) in [4.78, 5) is 27.0. The molecule has 1 aromatic carbocycles. The van der Waals surface area contributed by atoms with Crippen molar-refractivity contribution in [1.29, 1.82) is 0 Å². The molecule has 1 amide bonds. The molecule has 0 spiro atoms. The smallest absolute Gasteiger partial charge is 0.304 e. The number of amides is 1. The topological polar surface area (TPSA) is 79.3 Å². The van der Waals surface area contributed by atoms with Crippen LogP contribution in [0.25, 0.3) is 11.1 Å². The summed E-state index contributed by atoms with van der Waals surface area (Å²) < 4.78 is 0. The molecule has 1 aromatic heterocycles. The maximum absolute atomic E-state index is 11.9. The van der Waals surface area contributed by atoms with E-state index in [1.165, 1.54) is 0 Å². The number of hydrogen-bond acceptors (Lipinski definition) is 3. The zero-order valence-corrected chi connectivity index (χ0v) is 13.4. The average Bonchev–Trinajstić information content (AvgIpc) is 2.46. The first-order valence-corrected chi connectivity index (χ1v) is 7.66. The first-order valence-electron chi connectivity index (χ1n) is 6.90. The van der Waals surface area contributed by atoms with Crippen LogP contribution in [0.1, 0.15) is 12.0 Å². The van der Waals surface area contributed by atoms with Gasteiger partial charge >= 0.3 is 5.97 Å². The van der Waals surface area contributed by atoms with Gasteiger partial charge < -0.3 is 10.4 Å². The summed E-state index contributed by atoms with van der Waals surface area (Å²) in [6.45, 7) is 0. The van der Waals surface area contributed by atoms with Gasteiger partial charge in [0.1, 0.15) is 5.82 Å². The van der Waals surface area contributed by atoms with Gasteiger partial charge in [0.25, 0.3) is 0 Å². The Morgan fingerprint density at radius 3 is 2.57 bits per heavy atom. The number of hydrogen-bond donors (Lipinski definition) is 2. The number of carbonyl (C=O) groups excluding carboxylic acids is 1. The van der Waals surface area contributed by atoms with Crippen LogP contribution in [0, 0.1) is 5.92 Å². The van der Waals surface area contributed by atoms with Crippen molar-refractivity contribution < 1.29 is 14.7 Å². The fourth-order valence-electron chi connectivity index (χ4n) is 2.61. The molecule has 0 fully saturated rings. The van der Waals surface area contributed by atoms with E-state index in [0.717, 1.165) is 16.7 Å². The molecule has 1 aliphatic heterocycles. The Kier molecular flexibility index (Phi) is 4.24. The molecule has 0 bridgehead atoms. The molecular weight excluding hydrogens is 339 g/mol. The van der Waals surface area contributed by atoms with Gasteiger partial charge in [0.2, 0.25) is 5.91 Å². The Morgan fingerprint density at radius 1 is 1.22 bits per heavy atom. The van der Waals surface area contributed by atoms with Crippen LogP contribution < -0.4 is 5.32 Å². The molecule has 0 aliphatic carbocycles. The molecule has 0 saturated heterocycles. The zero-order chi connectivity index (χ0) is 16.6. The van der Waals surface area contributed by atoms with E-state index in [1.54, 1.807) is 24.4 Å². The summed E-state index contributed by atoms with van der Waals surface area (Å²) >= 11 is 12.0. The average molecular weight is 351 g/mol. The lowest BCUT2D eigenvalue weighted by atomic mass is 9.91. The van der Waals surface area contributed by atoms with Gasteiger partial charge in [-0.15, -0.1) is 0 Å². The molecule has 2 aromatic rings. The van der Waals surface area contributed by atoms with Gasteiger partial charge in [0.15, 0.2) is 0 Å². The third-order valence-electron chi connectivity index (χ3n) is 3.66. The number of nitrogens with zero attached hydrogens (tertiary/aromatic N) is 1. The van der Waals surface area contributed by atoms with Gasteiger partial charge in [0, 0.05) is 21.8 Å². The van der Waals surface area contributed by atoms with Crippen molar-refractivity contribution in [3.8, 4) is 11.1 Å². The number of aliphatic carboxylic acids is 1. The number of anilines is 1. The van der Waals surface area contributed by atoms with Crippen molar-refractivity contribution >= 4 is 40.9 Å². The SMILES string of the molecule is O=C(O)CC1Cc2cc(-c3cc(Cl)cc(Cl)c3)cnc2NC1=O. The molecule has 0 saturated carbocycles. The van der Waals surface area contributed by atoms with Crippen molar-refractivity contribution in [2.24, 2.45) is 5.92 Å². The van der Waals surface area contributed by atoms with Crippen molar-refractivity contribution in [2.75, 3.05) is 5.32 Å². The van der Waals surface area contributed by atoms with Crippen LogP contribution in [0.5, 0.6) is 0 Å². The Balaban J connectivity index is 1.96. The highest BCUT2D eigenvalue weighted by atomic mass is 35.5. The number of nitrogens with one attached hydrogen (secondary N) is 1. The standard InChI is InChI=1S/C16H12Cl2N2O3/c17-12-3-8(4-13(18)6-12)11-2-9-1-10(5-14(21)22)16(23)20-15(9)19-7-11/h2-4,6-7,10H,1,5H2,(H,21,22)(H,19,20,23). The number of carboxylic acid groups (broad SMARTS) is 1. The van der Waals surface area contributed by atoms with Crippen molar-refractivity contribution in [3.63, 3.8) is 0 Å². The van der Waals surface area contributed by atoms with Gasteiger partial charge in [-0.3, -0.25) is 9.59 Å². The largest absolute Gasteiger partial charge is 0.481 e. The number of pyridine rings is 1. The normalized spacial score (nSPS) is 16.6. The molecule has 3 rings (SSSR count). The van der Waals surface area contributed by atoms with E-state index in [2.05, 4.69) is 10.3 Å². The molecule has 1 aliphatic rings. The van der Waals surface area contributed by atoms with Gasteiger partial charge in [-0.1, -0.05) is 23.2 Å². The second-order valence-corrected chi connectivity index (χ2v) is 6.25.